The summed E-state index contributed by atoms with van der Waals surface area (Å²) in [6.07, 6.45) is 3.21. The summed E-state index contributed by atoms with van der Waals surface area (Å²) in [5.41, 5.74) is 7.86. The van der Waals surface area contributed by atoms with Crippen molar-refractivity contribution in [2.45, 2.75) is 6.04 Å². The summed E-state index contributed by atoms with van der Waals surface area (Å²) in [6, 6.07) is 9.37. The molecule has 2 aromatic rings. The number of rotatable bonds is 7. The fourth-order valence-corrected chi connectivity index (χ4v) is 2.90. The molecule has 3 rings (SSSR count). The van der Waals surface area contributed by atoms with Crippen LogP contribution in [0.3, 0.4) is 0 Å². The predicted octanol–water partition coefficient (Wildman–Crippen LogP) is 0.782. The molecule has 1 aromatic carbocycles. The third-order valence-corrected chi connectivity index (χ3v) is 4.58. The van der Waals surface area contributed by atoms with Gasteiger partial charge in [-0.15, -0.1) is 0 Å². The van der Waals surface area contributed by atoms with E-state index in [9.17, 15) is 9.59 Å². The SMILES string of the molecule is NC(C(=O)NCCN1CCOCC1)c1ccc(C(=O)Nc2ccncc2)cc1. The summed E-state index contributed by atoms with van der Waals surface area (Å²) < 4.78 is 5.30. The molecule has 148 valence electrons. The lowest BCUT2D eigenvalue weighted by Gasteiger charge is -2.26. The summed E-state index contributed by atoms with van der Waals surface area (Å²) in [4.78, 5) is 30.7. The molecule has 1 aromatic heterocycles. The summed E-state index contributed by atoms with van der Waals surface area (Å²) in [7, 11) is 0. The maximum Gasteiger partial charge on any atom is 0.255 e. The second-order valence-corrected chi connectivity index (χ2v) is 6.53. The molecule has 1 unspecified atom stereocenters. The molecule has 1 saturated heterocycles. The number of nitrogens with two attached hydrogens (primary N) is 1. The van der Waals surface area contributed by atoms with E-state index in [1.54, 1.807) is 48.8 Å². The van der Waals surface area contributed by atoms with E-state index < -0.39 is 6.04 Å². The van der Waals surface area contributed by atoms with Crippen LogP contribution in [0.4, 0.5) is 5.69 Å². The van der Waals surface area contributed by atoms with E-state index in [1.807, 2.05) is 0 Å². The van der Waals surface area contributed by atoms with Crippen molar-refractivity contribution < 1.29 is 14.3 Å². The van der Waals surface area contributed by atoms with Gasteiger partial charge in [-0.1, -0.05) is 12.1 Å². The number of carbonyl (C=O) groups is 2. The second kappa shape index (κ2) is 9.93. The topological polar surface area (TPSA) is 110 Å². The normalized spacial score (nSPS) is 15.6. The number of hydrogen-bond donors (Lipinski definition) is 3. The van der Waals surface area contributed by atoms with Gasteiger partial charge in [0.2, 0.25) is 5.91 Å². The maximum atomic E-state index is 12.3. The van der Waals surface area contributed by atoms with Crippen molar-refractivity contribution >= 4 is 17.5 Å². The Morgan fingerprint density at radius 3 is 2.46 bits per heavy atom. The quantitative estimate of drug-likeness (QED) is 0.652. The van der Waals surface area contributed by atoms with Crippen molar-refractivity contribution in [2.75, 3.05) is 44.7 Å². The molecule has 1 atom stereocenters. The van der Waals surface area contributed by atoms with E-state index in [2.05, 4.69) is 20.5 Å². The highest BCUT2D eigenvalue weighted by Crippen LogP contribution is 2.14. The zero-order valence-corrected chi connectivity index (χ0v) is 15.6. The van der Waals surface area contributed by atoms with Crippen molar-refractivity contribution in [1.29, 1.82) is 0 Å². The molecule has 2 heterocycles. The number of carbonyl (C=O) groups excluding carboxylic acids is 2. The van der Waals surface area contributed by atoms with Crippen molar-refractivity contribution in [3.05, 3.63) is 59.9 Å². The van der Waals surface area contributed by atoms with Crippen LogP contribution in [0.5, 0.6) is 0 Å². The van der Waals surface area contributed by atoms with Gasteiger partial charge in [-0.05, 0) is 29.8 Å². The van der Waals surface area contributed by atoms with E-state index in [-0.39, 0.29) is 11.8 Å². The van der Waals surface area contributed by atoms with Gasteiger partial charge in [0, 0.05) is 49.8 Å². The standard InChI is InChI=1S/C20H25N5O3/c21-18(20(27)23-9-10-25-11-13-28-14-12-25)15-1-3-16(4-2-15)19(26)24-17-5-7-22-8-6-17/h1-8,18H,9-14,21H2,(H,23,27)(H,22,24,26). The summed E-state index contributed by atoms with van der Waals surface area (Å²) >= 11 is 0. The minimum atomic E-state index is -0.776. The molecule has 1 aliphatic heterocycles. The van der Waals surface area contributed by atoms with Crippen LogP contribution in [-0.4, -0.2) is 61.1 Å². The number of pyridine rings is 1. The molecule has 0 bridgehead atoms. The van der Waals surface area contributed by atoms with Crippen molar-refractivity contribution in [3.63, 3.8) is 0 Å². The molecule has 8 nitrogen and oxygen atoms in total. The van der Waals surface area contributed by atoms with Gasteiger partial charge in [0.05, 0.1) is 13.2 Å². The van der Waals surface area contributed by atoms with Gasteiger partial charge < -0.3 is 21.1 Å². The van der Waals surface area contributed by atoms with Gasteiger partial charge in [0.15, 0.2) is 0 Å². The monoisotopic (exact) mass is 383 g/mol. The van der Waals surface area contributed by atoms with Crippen LogP contribution in [0, 0.1) is 0 Å². The number of hydrogen-bond acceptors (Lipinski definition) is 6. The fraction of sp³-hybridized carbons (Fsp3) is 0.350. The molecular weight excluding hydrogens is 358 g/mol. The van der Waals surface area contributed by atoms with Gasteiger partial charge in [0.1, 0.15) is 6.04 Å². The minimum Gasteiger partial charge on any atom is -0.379 e. The van der Waals surface area contributed by atoms with Gasteiger partial charge >= 0.3 is 0 Å². The van der Waals surface area contributed by atoms with Crippen LogP contribution in [0.15, 0.2) is 48.8 Å². The second-order valence-electron chi connectivity index (χ2n) is 6.53. The van der Waals surface area contributed by atoms with E-state index in [0.717, 1.165) is 32.8 Å². The number of ether oxygens (including phenoxy) is 1. The van der Waals surface area contributed by atoms with Gasteiger partial charge in [-0.2, -0.15) is 0 Å². The highest BCUT2D eigenvalue weighted by molar-refractivity contribution is 6.04. The van der Waals surface area contributed by atoms with Crippen LogP contribution in [0.25, 0.3) is 0 Å². The van der Waals surface area contributed by atoms with Crippen molar-refractivity contribution in [3.8, 4) is 0 Å². The lowest BCUT2D eigenvalue weighted by Crippen LogP contribution is -2.43. The van der Waals surface area contributed by atoms with Crippen LogP contribution >= 0.6 is 0 Å². The van der Waals surface area contributed by atoms with Gasteiger partial charge in [-0.25, -0.2) is 0 Å². The number of morpholine rings is 1. The van der Waals surface area contributed by atoms with Gasteiger partial charge in [-0.3, -0.25) is 19.5 Å². The lowest BCUT2D eigenvalue weighted by atomic mass is 10.0. The highest BCUT2D eigenvalue weighted by atomic mass is 16.5. The summed E-state index contributed by atoms with van der Waals surface area (Å²) in [5, 5.41) is 5.65. The predicted molar refractivity (Wildman–Crippen MR) is 106 cm³/mol. The van der Waals surface area contributed by atoms with Crippen LogP contribution in [0.1, 0.15) is 22.0 Å². The van der Waals surface area contributed by atoms with Crippen LogP contribution < -0.4 is 16.4 Å². The number of benzene rings is 1. The Morgan fingerprint density at radius 2 is 1.79 bits per heavy atom. The number of nitrogens with one attached hydrogen (secondary N) is 2. The molecule has 0 saturated carbocycles. The summed E-state index contributed by atoms with van der Waals surface area (Å²) in [6.45, 7) is 4.54. The number of nitrogens with zero attached hydrogens (tertiary/aromatic N) is 2. The van der Waals surface area contributed by atoms with Crippen LogP contribution in [0.2, 0.25) is 0 Å². The Morgan fingerprint density at radius 1 is 1.11 bits per heavy atom. The van der Waals surface area contributed by atoms with E-state index in [0.29, 0.717) is 23.4 Å². The van der Waals surface area contributed by atoms with Crippen molar-refractivity contribution in [1.82, 2.24) is 15.2 Å². The summed E-state index contributed by atoms with van der Waals surface area (Å²) in [5.74, 6) is -0.469. The first kappa shape index (κ1) is 19.9. The Kier molecular flexibility index (Phi) is 7.07. The van der Waals surface area contributed by atoms with Crippen LogP contribution in [-0.2, 0) is 9.53 Å². The molecule has 1 fully saturated rings. The largest absolute Gasteiger partial charge is 0.379 e. The minimum absolute atomic E-state index is 0.234. The third kappa shape index (κ3) is 5.59. The lowest BCUT2D eigenvalue weighted by molar-refractivity contribution is -0.122. The zero-order chi connectivity index (χ0) is 19.8. The van der Waals surface area contributed by atoms with E-state index >= 15 is 0 Å². The Bertz CT molecular complexity index is 776. The van der Waals surface area contributed by atoms with Crippen molar-refractivity contribution in [2.24, 2.45) is 5.73 Å². The molecule has 4 N–H and O–H groups in total. The zero-order valence-electron chi connectivity index (χ0n) is 15.6. The molecule has 8 heteroatoms. The molecular formula is C20H25N5O3. The number of anilines is 1. The smallest absolute Gasteiger partial charge is 0.255 e. The first-order chi connectivity index (χ1) is 13.6. The molecule has 0 aliphatic carbocycles. The third-order valence-electron chi connectivity index (χ3n) is 4.58. The molecule has 28 heavy (non-hydrogen) atoms. The first-order valence-corrected chi connectivity index (χ1v) is 9.28. The van der Waals surface area contributed by atoms with E-state index in [4.69, 9.17) is 10.5 Å². The highest BCUT2D eigenvalue weighted by Gasteiger charge is 2.17. The molecule has 2 amide bonds. The number of aromatic nitrogens is 1. The molecule has 0 radical (unpaired) electrons. The Labute approximate surface area is 164 Å². The van der Waals surface area contributed by atoms with E-state index in [1.165, 1.54) is 0 Å². The first-order valence-electron chi connectivity index (χ1n) is 9.28. The molecule has 0 spiro atoms. The molecule has 1 aliphatic rings. The fourth-order valence-electron chi connectivity index (χ4n) is 2.90. The number of amides is 2. The maximum absolute atomic E-state index is 12.3. The Balaban J connectivity index is 1.48. The Hall–Kier alpha value is -2.81. The van der Waals surface area contributed by atoms with Gasteiger partial charge in [0.25, 0.3) is 5.91 Å². The average Bonchev–Trinajstić information content (AvgIpc) is 2.74. The average molecular weight is 383 g/mol.